The van der Waals surface area contributed by atoms with Crippen LogP contribution in [0.15, 0.2) is 65.3 Å². The van der Waals surface area contributed by atoms with Crippen LogP contribution in [0.1, 0.15) is 5.56 Å². The second kappa shape index (κ2) is 7.11. The van der Waals surface area contributed by atoms with E-state index in [1.165, 1.54) is 0 Å². The van der Waals surface area contributed by atoms with Crippen molar-refractivity contribution in [3.63, 3.8) is 0 Å². The summed E-state index contributed by atoms with van der Waals surface area (Å²) in [6.07, 6.45) is 1.12. The number of hydrogen-bond acceptors (Lipinski definition) is 3. The predicted octanol–water partition coefficient (Wildman–Crippen LogP) is 4.59. The zero-order valence-corrected chi connectivity index (χ0v) is 13.7. The summed E-state index contributed by atoms with van der Waals surface area (Å²) in [5.74, 6) is 0.495. The Morgan fingerprint density at radius 1 is 1.09 bits per heavy atom. The van der Waals surface area contributed by atoms with Gasteiger partial charge in [0.05, 0.1) is 6.20 Å². The lowest BCUT2D eigenvalue weighted by Crippen LogP contribution is -2.14. The van der Waals surface area contributed by atoms with Gasteiger partial charge in [0.15, 0.2) is 0 Å². The molecule has 6 heteroatoms. The van der Waals surface area contributed by atoms with Gasteiger partial charge in [0.2, 0.25) is 0 Å². The number of carbonyl (C=O) groups is 1. The zero-order chi connectivity index (χ0) is 16.1. The van der Waals surface area contributed by atoms with Crippen LogP contribution in [0.4, 0.5) is 10.6 Å². The first-order chi connectivity index (χ1) is 11.2. The number of nitrogens with one attached hydrogen (secondary N) is 2. The fourth-order valence-corrected chi connectivity index (χ4v) is 2.62. The van der Waals surface area contributed by atoms with Gasteiger partial charge in [-0.15, -0.1) is 0 Å². The Kier molecular flexibility index (Phi) is 4.73. The van der Waals surface area contributed by atoms with Gasteiger partial charge in [-0.3, -0.25) is 10.4 Å². The number of benzene rings is 2. The number of aromatic nitrogens is 2. The molecule has 0 atom stereocenters. The van der Waals surface area contributed by atoms with E-state index in [2.05, 4.69) is 31.4 Å². The lowest BCUT2D eigenvalue weighted by Gasteiger charge is -2.08. The number of nitrogens with zero attached hydrogens (tertiary/aromatic N) is 1. The summed E-state index contributed by atoms with van der Waals surface area (Å²) in [5.41, 5.74) is 2.65. The number of ether oxygens (including phenoxy) is 1. The number of hydrogen-bond donors (Lipinski definition) is 2. The van der Waals surface area contributed by atoms with Crippen LogP contribution in [0.25, 0.3) is 11.1 Å². The molecule has 0 aliphatic carbocycles. The van der Waals surface area contributed by atoms with Crippen LogP contribution in [-0.2, 0) is 11.3 Å². The largest absolute Gasteiger partial charge is 0.444 e. The highest BCUT2D eigenvalue weighted by molar-refractivity contribution is 9.10. The average molecular weight is 372 g/mol. The van der Waals surface area contributed by atoms with Crippen LogP contribution in [0.5, 0.6) is 0 Å². The van der Waals surface area contributed by atoms with Gasteiger partial charge in [0, 0.05) is 15.6 Å². The summed E-state index contributed by atoms with van der Waals surface area (Å²) in [4.78, 5) is 12.0. The molecule has 3 aromatic rings. The molecule has 0 unspecified atom stereocenters. The number of H-pyrrole nitrogens is 1. The minimum atomic E-state index is -0.536. The van der Waals surface area contributed by atoms with Crippen molar-refractivity contribution >= 4 is 27.8 Å². The van der Waals surface area contributed by atoms with E-state index in [0.717, 1.165) is 21.2 Å². The van der Waals surface area contributed by atoms with Gasteiger partial charge in [0.25, 0.3) is 0 Å². The topological polar surface area (TPSA) is 67.0 Å². The molecule has 2 N–H and O–H groups in total. The number of carbonyl (C=O) groups excluding carboxylic acids is 1. The van der Waals surface area contributed by atoms with E-state index in [1.54, 1.807) is 6.20 Å². The van der Waals surface area contributed by atoms with Gasteiger partial charge in [-0.25, -0.2) is 4.79 Å². The molecule has 0 saturated carbocycles. The Morgan fingerprint density at radius 3 is 2.61 bits per heavy atom. The Bertz CT molecular complexity index is 802. The molecule has 0 aliphatic heterocycles. The normalized spacial score (nSPS) is 10.3. The molecule has 0 fully saturated rings. The standard InChI is InChI=1S/C17H14BrN3O2/c18-15-9-5-4-8-13(15)14-10-19-21-16(14)20-17(22)23-11-12-6-2-1-3-7-12/h1-10H,11H2,(H2,19,20,21,22). The van der Waals surface area contributed by atoms with Crippen LogP contribution in [0.3, 0.4) is 0 Å². The minimum Gasteiger partial charge on any atom is -0.444 e. The van der Waals surface area contributed by atoms with Crippen LogP contribution in [-0.4, -0.2) is 16.3 Å². The van der Waals surface area contributed by atoms with Crippen molar-refractivity contribution in [2.24, 2.45) is 0 Å². The third kappa shape index (κ3) is 3.78. The number of aromatic amines is 1. The van der Waals surface area contributed by atoms with E-state index in [-0.39, 0.29) is 6.61 Å². The maximum absolute atomic E-state index is 12.0. The van der Waals surface area contributed by atoms with E-state index in [1.807, 2.05) is 54.6 Å². The van der Waals surface area contributed by atoms with Crippen molar-refractivity contribution in [2.45, 2.75) is 6.61 Å². The Hall–Kier alpha value is -2.60. The van der Waals surface area contributed by atoms with Crippen molar-refractivity contribution in [3.05, 3.63) is 70.8 Å². The molecule has 0 aliphatic rings. The zero-order valence-electron chi connectivity index (χ0n) is 12.1. The summed E-state index contributed by atoms with van der Waals surface area (Å²) in [6, 6.07) is 17.2. The maximum atomic E-state index is 12.0. The molecule has 3 rings (SSSR count). The number of anilines is 1. The molecule has 0 radical (unpaired) electrons. The molecule has 1 aromatic heterocycles. The lowest BCUT2D eigenvalue weighted by molar-refractivity contribution is 0.155. The van der Waals surface area contributed by atoms with Crippen LogP contribution < -0.4 is 5.32 Å². The molecule has 0 bridgehead atoms. The third-order valence-corrected chi connectivity index (χ3v) is 3.93. The maximum Gasteiger partial charge on any atom is 0.413 e. The molecular weight excluding hydrogens is 358 g/mol. The first kappa shape index (κ1) is 15.3. The second-order valence-electron chi connectivity index (χ2n) is 4.83. The second-order valence-corrected chi connectivity index (χ2v) is 5.68. The van der Waals surface area contributed by atoms with Crippen molar-refractivity contribution in [2.75, 3.05) is 5.32 Å². The van der Waals surface area contributed by atoms with Crippen molar-refractivity contribution in [1.82, 2.24) is 10.2 Å². The van der Waals surface area contributed by atoms with Gasteiger partial charge in [-0.2, -0.15) is 5.10 Å². The van der Waals surface area contributed by atoms with Gasteiger partial charge in [-0.05, 0) is 11.6 Å². The first-order valence-electron chi connectivity index (χ1n) is 7.00. The van der Waals surface area contributed by atoms with Crippen molar-refractivity contribution < 1.29 is 9.53 Å². The summed E-state index contributed by atoms with van der Waals surface area (Å²) in [7, 11) is 0. The smallest absolute Gasteiger partial charge is 0.413 e. The lowest BCUT2D eigenvalue weighted by atomic mass is 10.1. The number of halogens is 1. The molecule has 1 amide bonds. The van der Waals surface area contributed by atoms with Crippen LogP contribution in [0.2, 0.25) is 0 Å². The molecule has 5 nitrogen and oxygen atoms in total. The highest BCUT2D eigenvalue weighted by atomic mass is 79.9. The summed E-state index contributed by atoms with van der Waals surface area (Å²) in [6.45, 7) is 0.213. The quantitative estimate of drug-likeness (QED) is 0.704. The van der Waals surface area contributed by atoms with E-state index < -0.39 is 6.09 Å². The predicted molar refractivity (Wildman–Crippen MR) is 92.0 cm³/mol. The summed E-state index contributed by atoms with van der Waals surface area (Å²) >= 11 is 3.49. The SMILES string of the molecule is O=C(Nc1[nH]ncc1-c1ccccc1Br)OCc1ccccc1. The Morgan fingerprint density at radius 2 is 1.83 bits per heavy atom. The minimum absolute atomic E-state index is 0.213. The van der Waals surface area contributed by atoms with E-state index in [0.29, 0.717) is 5.82 Å². The van der Waals surface area contributed by atoms with Gasteiger partial charge in [0.1, 0.15) is 12.4 Å². The van der Waals surface area contributed by atoms with E-state index in [9.17, 15) is 4.79 Å². The summed E-state index contributed by atoms with van der Waals surface area (Å²) < 4.78 is 6.13. The number of rotatable bonds is 4. The Balaban J connectivity index is 1.68. The molecule has 1 heterocycles. The van der Waals surface area contributed by atoms with Crippen molar-refractivity contribution in [3.8, 4) is 11.1 Å². The molecule has 0 saturated heterocycles. The Labute approximate surface area is 141 Å². The molecule has 116 valence electrons. The fraction of sp³-hybridized carbons (Fsp3) is 0.0588. The molecule has 2 aromatic carbocycles. The van der Waals surface area contributed by atoms with Gasteiger partial charge in [-0.1, -0.05) is 64.5 Å². The summed E-state index contributed by atoms with van der Waals surface area (Å²) in [5, 5.41) is 9.46. The van der Waals surface area contributed by atoms with Gasteiger partial charge < -0.3 is 4.74 Å². The molecular formula is C17H14BrN3O2. The van der Waals surface area contributed by atoms with E-state index in [4.69, 9.17) is 4.74 Å². The highest BCUT2D eigenvalue weighted by Crippen LogP contribution is 2.32. The monoisotopic (exact) mass is 371 g/mol. The van der Waals surface area contributed by atoms with Crippen LogP contribution >= 0.6 is 15.9 Å². The average Bonchev–Trinajstić information content (AvgIpc) is 3.02. The van der Waals surface area contributed by atoms with E-state index >= 15 is 0 Å². The van der Waals surface area contributed by atoms with Crippen LogP contribution in [0, 0.1) is 0 Å². The molecule has 23 heavy (non-hydrogen) atoms. The molecule has 0 spiro atoms. The number of amides is 1. The van der Waals surface area contributed by atoms with Crippen molar-refractivity contribution in [1.29, 1.82) is 0 Å². The van der Waals surface area contributed by atoms with Gasteiger partial charge >= 0.3 is 6.09 Å². The first-order valence-corrected chi connectivity index (χ1v) is 7.79. The fourth-order valence-electron chi connectivity index (χ4n) is 2.13. The highest BCUT2D eigenvalue weighted by Gasteiger charge is 2.13. The third-order valence-electron chi connectivity index (χ3n) is 3.24.